The third kappa shape index (κ3) is 6.36. The molecule has 0 saturated carbocycles. The van der Waals surface area contributed by atoms with E-state index in [1.807, 2.05) is 0 Å². The number of carbonyl (C=O) groups is 2. The van der Waals surface area contributed by atoms with Crippen LogP contribution in [0.5, 0.6) is 11.5 Å². The number of hydrogen-bond donors (Lipinski definition) is 2. The number of ether oxygens (including phenoxy) is 2. The van der Waals surface area contributed by atoms with Crippen molar-refractivity contribution in [3.8, 4) is 11.5 Å². The van der Waals surface area contributed by atoms with Gasteiger partial charge in [-0.1, -0.05) is 45.1 Å². The largest absolute Gasteiger partial charge is 0.493 e. The molecule has 1 saturated heterocycles. The summed E-state index contributed by atoms with van der Waals surface area (Å²) in [5.41, 5.74) is 0.651. The average Bonchev–Trinajstić information content (AvgIpc) is 2.64. The first kappa shape index (κ1) is 20.9. The van der Waals surface area contributed by atoms with Crippen molar-refractivity contribution < 1.29 is 19.1 Å². The number of unbranched alkanes of at least 4 members (excludes halogenated alkanes) is 5. The Morgan fingerprint density at radius 1 is 1.00 bits per heavy atom. The molecule has 1 aromatic rings. The summed E-state index contributed by atoms with van der Waals surface area (Å²) in [6.45, 7) is 2.84. The van der Waals surface area contributed by atoms with E-state index in [1.54, 1.807) is 25.3 Å². The summed E-state index contributed by atoms with van der Waals surface area (Å²) in [4.78, 5) is 23.9. The third-order valence-corrected chi connectivity index (χ3v) is 4.40. The monoisotopic (exact) mass is 390 g/mol. The first-order chi connectivity index (χ1) is 13.0. The first-order valence-corrected chi connectivity index (χ1v) is 9.65. The van der Waals surface area contributed by atoms with Crippen molar-refractivity contribution in [3.05, 3.63) is 29.3 Å². The van der Waals surface area contributed by atoms with Crippen molar-refractivity contribution in [1.82, 2.24) is 10.6 Å². The molecule has 27 heavy (non-hydrogen) atoms. The number of rotatable bonds is 10. The van der Waals surface area contributed by atoms with Gasteiger partial charge in [0.25, 0.3) is 11.8 Å². The Morgan fingerprint density at radius 3 is 2.33 bits per heavy atom. The van der Waals surface area contributed by atoms with Gasteiger partial charge in [-0.2, -0.15) is 0 Å². The second-order valence-electron chi connectivity index (χ2n) is 6.32. The first-order valence-electron chi connectivity index (χ1n) is 9.24. The van der Waals surface area contributed by atoms with Gasteiger partial charge in [-0.15, -0.1) is 0 Å². The lowest BCUT2D eigenvalue weighted by Gasteiger charge is -2.16. The van der Waals surface area contributed by atoms with E-state index < -0.39 is 11.8 Å². The zero-order chi connectivity index (χ0) is 19.6. The van der Waals surface area contributed by atoms with E-state index >= 15 is 0 Å². The predicted molar refractivity (Wildman–Crippen MR) is 109 cm³/mol. The molecule has 0 spiro atoms. The number of amides is 2. The van der Waals surface area contributed by atoms with Crippen LogP contribution in [0.15, 0.2) is 23.8 Å². The van der Waals surface area contributed by atoms with E-state index in [1.165, 1.54) is 31.8 Å². The fraction of sp³-hybridized carbons (Fsp3) is 0.450. The molecule has 146 valence electrons. The normalized spacial score (nSPS) is 13.9. The molecule has 2 rings (SSSR count). The van der Waals surface area contributed by atoms with Crippen LogP contribution < -0.4 is 20.1 Å². The molecule has 1 aliphatic rings. The van der Waals surface area contributed by atoms with Crippen molar-refractivity contribution in [3.63, 3.8) is 0 Å². The lowest BCUT2D eigenvalue weighted by atomic mass is 10.1. The highest BCUT2D eigenvalue weighted by Gasteiger charge is 2.25. The zero-order valence-electron chi connectivity index (χ0n) is 15.8. The van der Waals surface area contributed by atoms with E-state index in [2.05, 4.69) is 17.6 Å². The number of benzene rings is 1. The molecule has 0 unspecified atom stereocenters. The molecule has 1 aromatic carbocycles. The second-order valence-corrected chi connectivity index (χ2v) is 6.73. The van der Waals surface area contributed by atoms with E-state index in [0.29, 0.717) is 23.7 Å². The lowest BCUT2D eigenvalue weighted by Crippen LogP contribution is -2.51. The number of thiocarbonyl (C=S) groups is 1. The van der Waals surface area contributed by atoms with Gasteiger partial charge < -0.3 is 9.47 Å². The van der Waals surface area contributed by atoms with Gasteiger partial charge in [-0.05, 0) is 42.4 Å². The minimum Gasteiger partial charge on any atom is -0.493 e. The van der Waals surface area contributed by atoms with Crippen LogP contribution in [0.3, 0.4) is 0 Å². The smallest absolute Gasteiger partial charge is 0.263 e. The highest BCUT2D eigenvalue weighted by atomic mass is 32.1. The minimum absolute atomic E-state index is 0.00796. The number of hydrogen-bond acceptors (Lipinski definition) is 5. The average molecular weight is 391 g/mol. The highest BCUT2D eigenvalue weighted by Crippen LogP contribution is 2.29. The SMILES string of the molecule is CCCCCCCCOc1ccc(C=C2C(=O)NC(=S)NC2=O)cc1OC. The lowest BCUT2D eigenvalue weighted by molar-refractivity contribution is -0.123. The van der Waals surface area contributed by atoms with Crippen LogP contribution in [-0.2, 0) is 9.59 Å². The number of carbonyl (C=O) groups excluding carboxylic acids is 2. The van der Waals surface area contributed by atoms with Crippen LogP contribution in [0.25, 0.3) is 6.08 Å². The standard InChI is InChI=1S/C20H26N2O4S/c1-3-4-5-6-7-8-11-26-16-10-9-14(13-17(16)25-2)12-15-18(23)21-20(27)22-19(15)24/h9-10,12-13H,3-8,11H2,1-2H3,(H2,21,22,23,24,27). The Balaban J connectivity index is 1.97. The summed E-state index contributed by atoms with van der Waals surface area (Å²) in [6, 6.07) is 5.29. The number of nitrogens with one attached hydrogen (secondary N) is 2. The molecule has 1 aliphatic heterocycles. The van der Waals surface area contributed by atoms with E-state index in [4.69, 9.17) is 21.7 Å². The maximum atomic E-state index is 11.9. The Morgan fingerprint density at radius 2 is 1.67 bits per heavy atom. The van der Waals surface area contributed by atoms with Gasteiger partial charge in [-0.3, -0.25) is 20.2 Å². The topological polar surface area (TPSA) is 76.7 Å². The Labute approximate surface area is 165 Å². The van der Waals surface area contributed by atoms with Crippen LogP contribution in [0, 0.1) is 0 Å². The van der Waals surface area contributed by atoms with Crippen LogP contribution in [0.2, 0.25) is 0 Å². The fourth-order valence-corrected chi connectivity index (χ4v) is 2.92. The molecular weight excluding hydrogens is 364 g/mol. The predicted octanol–water partition coefficient (Wildman–Crippen LogP) is 3.35. The molecule has 0 bridgehead atoms. The van der Waals surface area contributed by atoms with E-state index in [-0.39, 0.29) is 10.7 Å². The quantitative estimate of drug-likeness (QED) is 0.277. The van der Waals surface area contributed by atoms with Crippen LogP contribution in [0.1, 0.15) is 51.0 Å². The number of methoxy groups -OCH3 is 1. The molecule has 0 aromatic heterocycles. The van der Waals surface area contributed by atoms with E-state index in [0.717, 1.165) is 12.8 Å². The highest BCUT2D eigenvalue weighted by molar-refractivity contribution is 7.80. The Bertz CT molecular complexity index is 709. The second kappa shape index (κ2) is 10.7. The maximum Gasteiger partial charge on any atom is 0.263 e. The molecular formula is C20H26N2O4S. The maximum absolute atomic E-state index is 11.9. The van der Waals surface area contributed by atoms with Crippen molar-refractivity contribution in [2.24, 2.45) is 0 Å². The van der Waals surface area contributed by atoms with Gasteiger partial charge in [-0.25, -0.2) is 0 Å². The van der Waals surface area contributed by atoms with Crippen LogP contribution in [-0.4, -0.2) is 30.6 Å². The third-order valence-electron chi connectivity index (χ3n) is 4.20. The van der Waals surface area contributed by atoms with Gasteiger partial charge in [0.1, 0.15) is 5.57 Å². The van der Waals surface area contributed by atoms with E-state index in [9.17, 15) is 9.59 Å². The van der Waals surface area contributed by atoms with Gasteiger partial charge in [0, 0.05) is 0 Å². The molecule has 2 amide bonds. The minimum atomic E-state index is -0.522. The Hall–Kier alpha value is -2.41. The van der Waals surface area contributed by atoms with Crippen molar-refractivity contribution in [2.45, 2.75) is 45.4 Å². The summed E-state index contributed by atoms with van der Waals surface area (Å²) >= 11 is 4.79. The van der Waals surface area contributed by atoms with Gasteiger partial charge in [0.15, 0.2) is 16.6 Å². The molecule has 1 heterocycles. The van der Waals surface area contributed by atoms with Crippen molar-refractivity contribution in [2.75, 3.05) is 13.7 Å². The van der Waals surface area contributed by atoms with Crippen LogP contribution in [0.4, 0.5) is 0 Å². The summed E-state index contributed by atoms with van der Waals surface area (Å²) in [6.07, 6.45) is 8.67. The zero-order valence-corrected chi connectivity index (χ0v) is 16.6. The summed E-state index contributed by atoms with van der Waals surface area (Å²) < 4.78 is 11.2. The molecule has 2 N–H and O–H groups in total. The van der Waals surface area contributed by atoms with Crippen LogP contribution >= 0.6 is 12.2 Å². The summed E-state index contributed by atoms with van der Waals surface area (Å²) in [5, 5.41) is 4.83. The summed E-state index contributed by atoms with van der Waals surface area (Å²) in [7, 11) is 1.56. The van der Waals surface area contributed by atoms with Gasteiger partial charge in [0.05, 0.1) is 13.7 Å². The molecule has 6 nitrogen and oxygen atoms in total. The Kier molecular flexibility index (Phi) is 8.26. The fourth-order valence-electron chi connectivity index (χ4n) is 2.73. The van der Waals surface area contributed by atoms with Crippen molar-refractivity contribution in [1.29, 1.82) is 0 Å². The molecule has 0 atom stereocenters. The summed E-state index contributed by atoms with van der Waals surface area (Å²) in [5.74, 6) is 0.159. The molecule has 0 radical (unpaired) electrons. The van der Waals surface area contributed by atoms with Gasteiger partial charge >= 0.3 is 0 Å². The molecule has 7 heteroatoms. The molecule has 1 fully saturated rings. The van der Waals surface area contributed by atoms with Gasteiger partial charge in [0.2, 0.25) is 0 Å². The molecule has 0 aliphatic carbocycles. The van der Waals surface area contributed by atoms with Crippen molar-refractivity contribution >= 4 is 35.2 Å².